The first-order valence-electron chi connectivity index (χ1n) is 8.46. The molecule has 0 fully saturated rings. The van der Waals surface area contributed by atoms with E-state index in [1.165, 1.54) is 22.2 Å². The van der Waals surface area contributed by atoms with Crippen LogP contribution in [0.15, 0.2) is 48.5 Å². The maximum atomic E-state index is 11.6. The molecule has 0 radical (unpaired) electrons. The number of Topliss-reactive ketones (excluding diaryl/α,β-unsaturated/α-hetero) is 1. The SMILES string of the molecule is C=S1CCc2c(c3ccccc3n2Cc2ccc(C(=O)CO)cc2)C1. The molecule has 0 amide bonds. The van der Waals surface area contributed by atoms with E-state index in [0.29, 0.717) is 5.56 Å². The van der Waals surface area contributed by atoms with E-state index in [0.717, 1.165) is 30.0 Å². The van der Waals surface area contributed by atoms with Crippen molar-refractivity contribution in [1.82, 2.24) is 4.57 Å². The number of carbonyl (C=O) groups excluding carboxylic acids is 1. The molecule has 4 heteroatoms. The van der Waals surface area contributed by atoms with E-state index >= 15 is 0 Å². The van der Waals surface area contributed by atoms with Gasteiger partial charge in [-0.05, 0) is 29.4 Å². The van der Waals surface area contributed by atoms with Gasteiger partial charge in [0.2, 0.25) is 0 Å². The fourth-order valence-corrected chi connectivity index (χ4v) is 5.00. The largest absolute Gasteiger partial charge is 0.388 e. The Labute approximate surface area is 149 Å². The first kappa shape index (κ1) is 16.3. The second kappa shape index (κ2) is 6.62. The van der Waals surface area contributed by atoms with Crippen molar-refractivity contribution in [3.8, 4) is 0 Å². The summed E-state index contributed by atoms with van der Waals surface area (Å²) in [5.41, 5.74) is 5.90. The quantitative estimate of drug-likeness (QED) is 0.576. The zero-order chi connectivity index (χ0) is 17.4. The summed E-state index contributed by atoms with van der Waals surface area (Å²) in [5, 5.41) is 10.3. The molecule has 3 aromatic rings. The van der Waals surface area contributed by atoms with Crippen LogP contribution in [0.2, 0.25) is 0 Å². The molecule has 4 rings (SSSR count). The first-order valence-corrected chi connectivity index (χ1v) is 10.2. The van der Waals surface area contributed by atoms with Crippen LogP contribution in [0.3, 0.4) is 0 Å². The summed E-state index contributed by atoms with van der Waals surface area (Å²) in [5.74, 6) is 6.29. The summed E-state index contributed by atoms with van der Waals surface area (Å²) in [6.07, 6.45) is 1.08. The fraction of sp³-hybridized carbons (Fsp3) is 0.238. The summed E-state index contributed by atoms with van der Waals surface area (Å²) >= 11 is 0. The molecule has 1 aromatic heterocycles. The minimum Gasteiger partial charge on any atom is -0.388 e. The topological polar surface area (TPSA) is 42.2 Å². The number of aromatic nitrogens is 1. The Kier molecular flexibility index (Phi) is 4.32. The standard InChI is InChI=1S/C21H21NO2S/c1-25-11-10-20-18(14-25)17-4-2-3-5-19(17)22(20)12-15-6-8-16(9-7-15)21(24)13-23/h2-9,23H,1,10-14H2. The number of ketones is 1. The minimum atomic E-state index is -0.442. The highest BCUT2D eigenvalue weighted by atomic mass is 32.2. The van der Waals surface area contributed by atoms with Crippen LogP contribution in [-0.4, -0.2) is 33.7 Å². The zero-order valence-corrected chi connectivity index (χ0v) is 14.9. The molecular weight excluding hydrogens is 330 g/mol. The van der Waals surface area contributed by atoms with E-state index in [-0.39, 0.29) is 16.3 Å². The number of aliphatic hydroxyl groups excluding tert-OH is 1. The maximum Gasteiger partial charge on any atom is 0.188 e. The van der Waals surface area contributed by atoms with Gasteiger partial charge in [-0.25, -0.2) is 0 Å². The number of benzene rings is 2. The van der Waals surface area contributed by atoms with Crippen LogP contribution in [0.1, 0.15) is 27.2 Å². The van der Waals surface area contributed by atoms with E-state index in [9.17, 15) is 4.79 Å². The van der Waals surface area contributed by atoms with Gasteiger partial charge in [0.1, 0.15) is 6.61 Å². The van der Waals surface area contributed by atoms with Gasteiger partial charge in [-0.15, -0.1) is 0 Å². The van der Waals surface area contributed by atoms with Gasteiger partial charge in [0.25, 0.3) is 0 Å². The Morgan fingerprint density at radius 3 is 2.68 bits per heavy atom. The third kappa shape index (κ3) is 2.96. The van der Waals surface area contributed by atoms with Crippen LogP contribution < -0.4 is 0 Å². The maximum absolute atomic E-state index is 11.6. The number of fused-ring (bicyclic) bond motifs is 3. The van der Waals surface area contributed by atoms with E-state index in [2.05, 4.69) is 34.7 Å². The van der Waals surface area contributed by atoms with Gasteiger partial charge in [-0.2, -0.15) is 10.5 Å². The lowest BCUT2D eigenvalue weighted by molar-refractivity contribution is 0.0903. The van der Waals surface area contributed by atoms with Gasteiger partial charge < -0.3 is 9.67 Å². The second-order valence-electron chi connectivity index (χ2n) is 6.52. The zero-order valence-electron chi connectivity index (χ0n) is 14.1. The monoisotopic (exact) mass is 351 g/mol. The number of rotatable bonds is 4. The molecule has 1 aliphatic heterocycles. The molecule has 1 unspecified atom stereocenters. The summed E-state index contributed by atoms with van der Waals surface area (Å²) in [6.45, 7) is 0.358. The van der Waals surface area contributed by atoms with Crippen molar-refractivity contribution >= 4 is 33.0 Å². The van der Waals surface area contributed by atoms with Gasteiger partial charge in [-0.1, -0.05) is 48.3 Å². The van der Waals surface area contributed by atoms with Crippen molar-refractivity contribution in [2.75, 3.05) is 12.4 Å². The number of nitrogens with zero attached hydrogens (tertiary/aromatic N) is 1. The van der Waals surface area contributed by atoms with Gasteiger partial charge in [0.15, 0.2) is 5.78 Å². The van der Waals surface area contributed by atoms with Crippen LogP contribution in [0.5, 0.6) is 0 Å². The Hall–Kier alpha value is -2.17. The first-order chi connectivity index (χ1) is 12.2. The van der Waals surface area contributed by atoms with Gasteiger partial charge in [0.05, 0.1) is 0 Å². The van der Waals surface area contributed by atoms with Gasteiger partial charge in [-0.3, -0.25) is 4.79 Å². The minimum absolute atomic E-state index is 0.225. The predicted octanol–water partition coefficient (Wildman–Crippen LogP) is 3.62. The van der Waals surface area contributed by atoms with Crippen molar-refractivity contribution in [3.05, 3.63) is 70.9 Å². The average Bonchev–Trinajstić information content (AvgIpc) is 2.95. The number of hydrogen-bond acceptors (Lipinski definition) is 2. The molecule has 0 aliphatic carbocycles. The molecule has 0 bridgehead atoms. The van der Waals surface area contributed by atoms with E-state index < -0.39 is 6.61 Å². The molecule has 25 heavy (non-hydrogen) atoms. The molecule has 1 aliphatic rings. The second-order valence-corrected chi connectivity index (χ2v) is 8.44. The Balaban J connectivity index is 1.75. The summed E-state index contributed by atoms with van der Waals surface area (Å²) in [6, 6.07) is 16.2. The molecule has 128 valence electrons. The fourth-order valence-electron chi connectivity index (χ4n) is 3.64. The molecular formula is C21H21NO2S. The molecule has 0 spiro atoms. The molecule has 0 saturated carbocycles. The van der Waals surface area contributed by atoms with Crippen LogP contribution >= 0.6 is 10.5 Å². The number of aliphatic hydroxyl groups is 1. The van der Waals surface area contributed by atoms with E-state index in [1.807, 2.05) is 12.1 Å². The lowest BCUT2D eigenvalue weighted by Crippen LogP contribution is -2.11. The highest BCUT2D eigenvalue weighted by Gasteiger charge is 2.20. The molecule has 1 N–H and O–H groups in total. The lowest BCUT2D eigenvalue weighted by atomic mass is 10.1. The smallest absolute Gasteiger partial charge is 0.188 e. The number of hydrogen-bond donors (Lipinski definition) is 1. The lowest BCUT2D eigenvalue weighted by Gasteiger charge is -2.19. The van der Waals surface area contributed by atoms with Crippen molar-refractivity contribution in [2.24, 2.45) is 0 Å². The summed E-state index contributed by atoms with van der Waals surface area (Å²) in [7, 11) is 0.225. The van der Waals surface area contributed by atoms with E-state index in [4.69, 9.17) is 5.11 Å². The molecule has 2 heterocycles. The number of carbonyl (C=O) groups is 1. The van der Waals surface area contributed by atoms with E-state index in [1.54, 1.807) is 12.1 Å². The number of para-hydroxylation sites is 1. The van der Waals surface area contributed by atoms with Gasteiger partial charge in [0, 0.05) is 34.5 Å². The Morgan fingerprint density at radius 1 is 1.16 bits per heavy atom. The molecule has 1 atom stereocenters. The van der Waals surface area contributed by atoms with Gasteiger partial charge >= 0.3 is 0 Å². The molecule has 3 nitrogen and oxygen atoms in total. The van der Waals surface area contributed by atoms with Crippen LogP contribution in [0, 0.1) is 0 Å². The van der Waals surface area contributed by atoms with Crippen molar-refractivity contribution in [2.45, 2.75) is 18.7 Å². The normalized spacial score (nSPS) is 16.8. The van der Waals surface area contributed by atoms with Crippen molar-refractivity contribution in [3.63, 3.8) is 0 Å². The highest BCUT2D eigenvalue weighted by molar-refractivity contribution is 8.13. The summed E-state index contributed by atoms with van der Waals surface area (Å²) in [4.78, 5) is 11.6. The highest BCUT2D eigenvalue weighted by Crippen LogP contribution is 2.36. The van der Waals surface area contributed by atoms with Crippen molar-refractivity contribution in [1.29, 1.82) is 0 Å². The summed E-state index contributed by atoms with van der Waals surface area (Å²) < 4.78 is 2.42. The third-order valence-electron chi connectivity index (χ3n) is 4.93. The Bertz CT molecular complexity index is 969. The average molecular weight is 351 g/mol. The molecule has 2 aromatic carbocycles. The third-order valence-corrected chi connectivity index (χ3v) is 6.41. The van der Waals surface area contributed by atoms with Crippen LogP contribution in [0.4, 0.5) is 0 Å². The van der Waals surface area contributed by atoms with Crippen molar-refractivity contribution < 1.29 is 9.90 Å². The Morgan fingerprint density at radius 2 is 1.92 bits per heavy atom. The van der Waals surface area contributed by atoms with Crippen LogP contribution in [-0.2, 0) is 18.7 Å². The predicted molar refractivity (Wildman–Crippen MR) is 106 cm³/mol. The van der Waals surface area contributed by atoms with Crippen LogP contribution in [0.25, 0.3) is 10.9 Å². The molecule has 0 saturated heterocycles.